The van der Waals surface area contributed by atoms with Gasteiger partial charge in [-0.15, -0.1) is 0 Å². The van der Waals surface area contributed by atoms with Crippen LogP contribution in [-0.2, 0) is 6.42 Å². The molecule has 0 unspecified atom stereocenters. The van der Waals surface area contributed by atoms with Gasteiger partial charge in [0.25, 0.3) is 5.91 Å². The summed E-state index contributed by atoms with van der Waals surface area (Å²) in [6.07, 6.45) is 4.43. The van der Waals surface area contributed by atoms with E-state index in [1.54, 1.807) is 30.3 Å². The van der Waals surface area contributed by atoms with Gasteiger partial charge in [-0.05, 0) is 55.2 Å². The number of rotatable bonds is 7. The number of nitrogens with zero attached hydrogens (tertiary/aromatic N) is 3. The second kappa shape index (κ2) is 8.83. The molecule has 0 radical (unpaired) electrons. The Balaban J connectivity index is 1.18. The van der Waals surface area contributed by atoms with E-state index in [0.29, 0.717) is 28.8 Å². The van der Waals surface area contributed by atoms with Crippen molar-refractivity contribution in [2.24, 2.45) is 5.73 Å². The molecule has 2 aromatic heterocycles. The molecule has 0 spiro atoms. The van der Waals surface area contributed by atoms with Crippen molar-refractivity contribution in [3.63, 3.8) is 0 Å². The SMILES string of the molecule is N#Cc1ccc2[nH]cc(CCCC[N+]3([O-])CC[N+]([O-])(c4ccc5oc(C(N)=O)cc5c4)CC3)c2c1. The van der Waals surface area contributed by atoms with Gasteiger partial charge in [-0.2, -0.15) is 5.26 Å². The highest BCUT2D eigenvalue weighted by Crippen LogP contribution is 2.31. The topological polar surface area (TPSA) is 142 Å². The van der Waals surface area contributed by atoms with Crippen LogP contribution >= 0.6 is 0 Å². The molecule has 180 valence electrons. The van der Waals surface area contributed by atoms with Gasteiger partial charge in [-0.1, -0.05) is 0 Å². The first kappa shape index (κ1) is 23.1. The number of hydrogen-bond donors (Lipinski definition) is 2. The zero-order valence-electron chi connectivity index (χ0n) is 19.3. The Kier molecular flexibility index (Phi) is 5.83. The molecule has 0 bridgehead atoms. The predicted molar refractivity (Wildman–Crippen MR) is 134 cm³/mol. The van der Waals surface area contributed by atoms with Crippen LogP contribution in [-0.4, -0.2) is 48.3 Å². The Bertz CT molecular complexity index is 1440. The molecule has 35 heavy (non-hydrogen) atoms. The van der Waals surface area contributed by atoms with Crippen LogP contribution < -0.4 is 10.4 Å². The van der Waals surface area contributed by atoms with Crippen molar-refractivity contribution in [1.29, 1.82) is 5.26 Å². The highest BCUT2D eigenvalue weighted by atomic mass is 16.6. The molecule has 9 nitrogen and oxygen atoms in total. The van der Waals surface area contributed by atoms with Crippen molar-refractivity contribution in [1.82, 2.24) is 9.63 Å². The number of fused-ring (bicyclic) bond motifs is 2. The number of nitrogens with two attached hydrogens (primary N) is 1. The van der Waals surface area contributed by atoms with Gasteiger partial charge in [0.1, 0.15) is 37.4 Å². The van der Waals surface area contributed by atoms with E-state index in [9.17, 15) is 15.2 Å². The molecule has 1 amide bonds. The summed E-state index contributed by atoms with van der Waals surface area (Å²) in [6, 6.07) is 14.4. The van der Waals surface area contributed by atoms with Gasteiger partial charge in [0.2, 0.25) is 0 Å². The molecule has 0 aliphatic carbocycles. The van der Waals surface area contributed by atoms with Crippen LogP contribution in [0, 0.1) is 21.7 Å². The molecular formula is C26H27N5O4. The number of aryl methyl sites for hydroxylation is 1. The lowest BCUT2D eigenvalue weighted by Gasteiger charge is -2.54. The van der Waals surface area contributed by atoms with Gasteiger partial charge in [0, 0.05) is 34.6 Å². The van der Waals surface area contributed by atoms with Crippen LogP contribution in [0.4, 0.5) is 5.69 Å². The Hall–Kier alpha value is -3.68. The van der Waals surface area contributed by atoms with Crippen LogP contribution in [0.2, 0.25) is 0 Å². The second-order valence-corrected chi connectivity index (χ2v) is 9.41. The van der Waals surface area contributed by atoms with Crippen molar-refractivity contribution in [2.75, 3.05) is 32.7 Å². The number of aromatic nitrogens is 1. The number of furan rings is 1. The quantitative estimate of drug-likeness (QED) is 0.237. The smallest absolute Gasteiger partial charge is 0.284 e. The van der Waals surface area contributed by atoms with E-state index in [1.807, 2.05) is 18.3 Å². The van der Waals surface area contributed by atoms with Crippen LogP contribution in [0.25, 0.3) is 21.9 Å². The third-order valence-electron chi connectivity index (χ3n) is 7.11. The molecule has 4 aromatic rings. The lowest BCUT2D eigenvalue weighted by Crippen LogP contribution is -2.63. The van der Waals surface area contributed by atoms with Crippen molar-refractivity contribution in [2.45, 2.75) is 19.3 Å². The summed E-state index contributed by atoms with van der Waals surface area (Å²) in [5.41, 5.74) is 9.12. The second-order valence-electron chi connectivity index (χ2n) is 9.41. The van der Waals surface area contributed by atoms with Crippen LogP contribution in [0.3, 0.4) is 0 Å². The molecule has 9 heteroatoms. The molecule has 5 rings (SSSR count). The number of H-pyrrole nitrogens is 1. The van der Waals surface area contributed by atoms with Crippen LogP contribution in [0.15, 0.2) is 53.1 Å². The van der Waals surface area contributed by atoms with Gasteiger partial charge >= 0.3 is 0 Å². The van der Waals surface area contributed by atoms with E-state index in [2.05, 4.69) is 11.1 Å². The summed E-state index contributed by atoms with van der Waals surface area (Å²) < 4.78 is 4.49. The maximum atomic E-state index is 13.5. The maximum Gasteiger partial charge on any atom is 0.284 e. The maximum absolute atomic E-state index is 13.5. The number of nitriles is 1. The minimum absolute atomic E-state index is 0.0571. The first-order valence-electron chi connectivity index (χ1n) is 11.8. The van der Waals surface area contributed by atoms with Gasteiger partial charge < -0.3 is 34.8 Å². The molecule has 0 atom stereocenters. The lowest BCUT2D eigenvalue weighted by atomic mass is 10.0. The number of hydroxylamine groups is 5. The highest BCUT2D eigenvalue weighted by Gasteiger charge is 2.34. The molecule has 1 saturated heterocycles. The fourth-order valence-electron chi connectivity index (χ4n) is 4.97. The number of aromatic amines is 1. The normalized spacial score (nSPS) is 22.4. The number of carbonyl (C=O) groups excluding carboxylic acids is 1. The standard InChI is InChI=1S/C26H27N5O4/c27-16-18-4-6-23-22(13-18)19(17-29-23)3-1-2-8-30(33)9-11-31(34,12-10-30)21-5-7-24-20(14-21)15-25(35-24)26(28)32/h4-7,13-15,17,29H,1-3,8-12H2,(H2,28,32). The summed E-state index contributed by atoms with van der Waals surface area (Å²) in [5, 5.41) is 37.6. The van der Waals surface area contributed by atoms with E-state index in [1.165, 1.54) is 0 Å². The van der Waals surface area contributed by atoms with Crippen molar-refractivity contribution >= 4 is 33.5 Å². The molecule has 1 fully saturated rings. The van der Waals surface area contributed by atoms with Crippen molar-refractivity contribution in [3.05, 3.63) is 76.0 Å². The zero-order valence-corrected chi connectivity index (χ0v) is 19.3. The monoisotopic (exact) mass is 473 g/mol. The fraction of sp³-hybridized carbons (Fsp3) is 0.308. The summed E-state index contributed by atoms with van der Waals surface area (Å²) >= 11 is 0. The highest BCUT2D eigenvalue weighted by molar-refractivity contribution is 5.95. The summed E-state index contributed by atoms with van der Waals surface area (Å²) in [4.78, 5) is 14.6. The third-order valence-corrected chi connectivity index (χ3v) is 7.11. The molecule has 1 aliphatic heterocycles. The fourth-order valence-corrected chi connectivity index (χ4v) is 4.97. The van der Waals surface area contributed by atoms with E-state index in [-0.39, 0.29) is 36.6 Å². The largest absolute Gasteiger partial charge is 0.632 e. The van der Waals surface area contributed by atoms with E-state index < -0.39 is 10.6 Å². The minimum atomic E-state index is -0.656. The number of nitrogens with one attached hydrogen (secondary N) is 1. The number of hydrogen-bond acceptors (Lipinski definition) is 5. The van der Waals surface area contributed by atoms with Gasteiger partial charge in [-0.25, -0.2) is 0 Å². The molecule has 3 N–H and O–H groups in total. The lowest BCUT2D eigenvalue weighted by molar-refractivity contribution is -0.884. The first-order chi connectivity index (χ1) is 16.8. The average molecular weight is 474 g/mol. The summed E-state index contributed by atoms with van der Waals surface area (Å²) in [7, 11) is 0. The average Bonchev–Trinajstić information content (AvgIpc) is 3.47. The molecule has 2 aromatic carbocycles. The number of carbonyl (C=O) groups is 1. The molecule has 3 heterocycles. The minimum Gasteiger partial charge on any atom is -0.632 e. The van der Waals surface area contributed by atoms with Crippen molar-refractivity contribution < 1.29 is 13.9 Å². The summed E-state index contributed by atoms with van der Waals surface area (Å²) in [5.74, 6) is -0.599. The molecule has 0 saturated carbocycles. The summed E-state index contributed by atoms with van der Waals surface area (Å²) in [6.45, 7) is 1.41. The van der Waals surface area contributed by atoms with Gasteiger partial charge in [-0.3, -0.25) is 4.79 Å². The molecule has 1 aliphatic rings. The Morgan fingerprint density at radius 2 is 1.89 bits per heavy atom. The zero-order chi connectivity index (χ0) is 24.6. The van der Waals surface area contributed by atoms with Crippen molar-refractivity contribution in [3.8, 4) is 6.07 Å². The first-order valence-corrected chi connectivity index (χ1v) is 11.8. The number of amides is 1. The van der Waals surface area contributed by atoms with Crippen LogP contribution in [0.5, 0.6) is 0 Å². The number of unbranched alkanes of at least 4 members (excludes halogenated alkanes) is 1. The molecular weight excluding hydrogens is 446 g/mol. The number of piperazine rings is 1. The predicted octanol–water partition coefficient (Wildman–Crippen LogP) is 4.04. The Morgan fingerprint density at radius 1 is 1.09 bits per heavy atom. The Labute approximate surface area is 202 Å². The number of primary amides is 1. The number of quaternary nitrogens is 2. The van der Waals surface area contributed by atoms with Gasteiger partial charge in [0.05, 0.1) is 18.2 Å². The van der Waals surface area contributed by atoms with E-state index >= 15 is 0 Å². The number of benzene rings is 2. The van der Waals surface area contributed by atoms with E-state index in [4.69, 9.17) is 15.4 Å². The van der Waals surface area contributed by atoms with Crippen LogP contribution in [0.1, 0.15) is 34.5 Å². The van der Waals surface area contributed by atoms with E-state index in [0.717, 1.165) is 35.7 Å². The third kappa shape index (κ3) is 4.52. The van der Waals surface area contributed by atoms with Gasteiger partial charge in [0.15, 0.2) is 5.76 Å². The Morgan fingerprint density at radius 3 is 2.63 bits per heavy atom.